The Labute approximate surface area is 135 Å². The van der Waals surface area contributed by atoms with E-state index in [0.29, 0.717) is 11.9 Å². The number of rotatable bonds is 5. The summed E-state index contributed by atoms with van der Waals surface area (Å²) in [5.74, 6) is 3.43. The largest absolute Gasteiger partial charge is 0.494 e. The Morgan fingerprint density at radius 1 is 1.43 bits per heavy atom. The first-order valence-corrected chi connectivity index (χ1v) is 9.08. The van der Waals surface area contributed by atoms with E-state index < -0.39 is 0 Å². The molecule has 2 atom stereocenters. The van der Waals surface area contributed by atoms with Gasteiger partial charge in [0.1, 0.15) is 17.1 Å². The summed E-state index contributed by atoms with van der Waals surface area (Å²) < 4.78 is 7.79. The summed E-state index contributed by atoms with van der Waals surface area (Å²) in [5.41, 5.74) is 2.08. The highest BCUT2D eigenvalue weighted by molar-refractivity contribution is 7.99. The van der Waals surface area contributed by atoms with Gasteiger partial charge in [-0.1, -0.05) is 13.0 Å². The van der Waals surface area contributed by atoms with Gasteiger partial charge in [0.05, 0.1) is 18.5 Å². The third kappa shape index (κ3) is 2.76. The highest BCUT2D eigenvalue weighted by atomic mass is 35.5. The molecule has 0 spiro atoms. The Balaban J connectivity index is 2.01. The van der Waals surface area contributed by atoms with E-state index in [0.717, 1.165) is 27.9 Å². The molecule has 3 nitrogen and oxygen atoms in total. The van der Waals surface area contributed by atoms with Gasteiger partial charge in [0.25, 0.3) is 0 Å². The summed E-state index contributed by atoms with van der Waals surface area (Å²) in [4.78, 5) is 4.72. The number of thioether (sulfide) groups is 1. The molecule has 3 rings (SSSR count). The molecule has 1 saturated carbocycles. The number of hydrogen-bond donors (Lipinski definition) is 0. The van der Waals surface area contributed by atoms with Crippen LogP contribution in [-0.2, 0) is 5.88 Å². The maximum atomic E-state index is 6.15. The zero-order valence-electron chi connectivity index (χ0n) is 12.5. The van der Waals surface area contributed by atoms with E-state index in [1.54, 1.807) is 7.11 Å². The van der Waals surface area contributed by atoms with Gasteiger partial charge in [0.15, 0.2) is 0 Å². The first-order chi connectivity index (χ1) is 10.3. The lowest BCUT2D eigenvalue weighted by atomic mass is 10.2. The fourth-order valence-electron chi connectivity index (χ4n) is 3.34. The van der Waals surface area contributed by atoms with E-state index in [4.69, 9.17) is 21.3 Å². The molecule has 0 aliphatic heterocycles. The average Bonchev–Trinajstić information content (AvgIpc) is 3.10. The number of imidazole rings is 1. The molecule has 0 bridgehead atoms. The van der Waals surface area contributed by atoms with Crippen molar-refractivity contribution in [3.8, 4) is 5.75 Å². The van der Waals surface area contributed by atoms with Crippen LogP contribution < -0.4 is 4.74 Å². The molecule has 1 aliphatic carbocycles. The van der Waals surface area contributed by atoms with Crippen LogP contribution in [0.3, 0.4) is 0 Å². The standard InChI is InChI=1S/C16H21ClN2OS/c1-3-21-12-8-7-11(9-12)19-13-5-4-6-14(20-2)16(13)18-15(19)10-17/h4-6,11-12H,3,7-10H2,1-2H3. The van der Waals surface area contributed by atoms with Gasteiger partial charge in [-0.15, -0.1) is 11.6 Å². The Morgan fingerprint density at radius 3 is 3.00 bits per heavy atom. The number of ether oxygens (including phenoxy) is 1. The van der Waals surface area contributed by atoms with E-state index in [2.05, 4.69) is 29.3 Å². The molecular formula is C16H21ClN2OS. The molecule has 2 unspecified atom stereocenters. The Kier molecular flexibility index (Phi) is 4.65. The quantitative estimate of drug-likeness (QED) is 0.750. The summed E-state index contributed by atoms with van der Waals surface area (Å²) in [7, 11) is 1.69. The molecule has 1 heterocycles. The van der Waals surface area contributed by atoms with Crippen molar-refractivity contribution in [2.45, 2.75) is 43.4 Å². The fourth-order valence-corrected chi connectivity index (χ4v) is 4.67. The van der Waals surface area contributed by atoms with Crippen molar-refractivity contribution < 1.29 is 4.74 Å². The van der Waals surface area contributed by atoms with E-state index in [1.807, 2.05) is 12.1 Å². The molecule has 1 aliphatic rings. The number of halogens is 1. The van der Waals surface area contributed by atoms with Crippen molar-refractivity contribution in [2.24, 2.45) is 0 Å². The number of alkyl halides is 1. The SMILES string of the molecule is CCSC1CCC(n2c(CCl)nc3c(OC)cccc32)C1. The molecule has 0 radical (unpaired) electrons. The van der Waals surface area contributed by atoms with Gasteiger partial charge in [0.2, 0.25) is 0 Å². The minimum Gasteiger partial charge on any atom is -0.494 e. The highest BCUT2D eigenvalue weighted by Crippen LogP contribution is 2.40. The molecule has 114 valence electrons. The predicted octanol–water partition coefficient (Wildman–Crippen LogP) is 4.63. The number of nitrogens with zero attached hydrogens (tertiary/aromatic N) is 2. The van der Waals surface area contributed by atoms with Crippen LogP contribution in [0.5, 0.6) is 5.75 Å². The molecule has 21 heavy (non-hydrogen) atoms. The second-order valence-electron chi connectivity index (χ2n) is 5.40. The molecule has 0 N–H and O–H groups in total. The Hall–Kier alpha value is -0.870. The van der Waals surface area contributed by atoms with Gasteiger partial charge in [0, 0.05) is 11.3 Å². The predicted molar refractivity (Wildman–Crippen MR) is 90.7 cm³/mol. The highest BCUT2D eigenvalue weighted by Gasteiger charge is 2.29. The first-order valence-electron chi connectivity index (χ1n) is 7.49. The number of hydrogen-bond acceptors (Lipinski definition) is 3. The van der Waals surface area contributed by atoms with Gasteiger partial charge >= 0.3 is 0 Å². The molecule has 5 heteroatoms. The van der Waals surface area contributed by atoms with E-state index in [9.17, 15) is 0 Å². The molecule has 2 aromatic rings. The third-order valence-corrected chi connectivity index (χ3v) is 5.69. The van der Waals surface area contributed by atoms with Crippen LogP contribution in [0.1, 0.15) is 38.1 Å². The number of methoxy groups -OCH3 is 1. The third-order valence-electron chi connectivity index (χ3n) is 4.22. The number of para-hydroxylation sites is 1. The lowest BCUT2D eigenvalue weighted by Gasteiger charge is -2.16. The van der Waals surface area contributed by atoms with Crippen LogP contribution in [0, 0.1) is 0 Å². The van der Waals surface area contributed by atoms with Crippen molar-refractivity contribution in [1.82, 2.24) is 9.55 Å². The molecule has 1 aromatic carbocycles. The van der Waals surface area contributed by atoms with Crippen LogP contribution >= 0.6 is 23.4 Å². The van der Waals surface area contributed by atoms with Crippen molar-refractivity contribution >= 4 is 34.4 Å². The summed E-state index contributed by atoms with van der Waals surface area (Å²) in [6.07, 6.45) is 3.71. The van der Waals surface area contributed by atoms with Gasteiger partial charge in [-0.05, 0) is 37.1 Å². The minimum atomic E-state index is 0.444. The maximum Gasteiger partial charge on any atom is 0.146 e. The van der Waals surface area contributed by atoms with Crippen molar-refractivity contribution in [1.29, 1.82) is 0 Å². The van der Waals surface area contributed by atoms with Crippen molar-refractivity contribution in [2.75, 3.05) is 12.9 Å². The normalized spacial score (nSPS) is 22.0. The van der Waals surface area contributed by atoms with Crippen LogP contribution in [0.15, 0.2) is 18.2 Å². The molecule has 0 amide bonds. The fraction of sp³-hybridized carbons (Fsp3) is 0.562. The zero-order chi connectivity index (χ0) is 14.8. The maximum absolute atomic E-state index is 6.15. The monoisotopic (exact) mass is 324 g/mol. The zero-order valence-corrected chi connectivity index (χ0v) is 14.1. The van der Waals surface area contributed by atoms with Crippen LogP contribution in [0.2, 0.25) is 0 Å². The summed E-state index contributed by atoms with van der Waals surface area (Å²) in [6, 6.07) is 6.63. The topological polar surface area (TPSA) is 27.1 Å². The van der Waals surface area contributed by atoms with E-state index in [-0.39, 0.29) is 0 Å². The lowest BCUT2D eigenvalue weighted by molar-refractivity contribution is 0.419. The lowest BCUT2D eigenvalue weighted by Crippen LogP contribution is -2.09. The Morgan fingerprint density at radius 2 is 2.29 bits per heavy atom. The summed E-state index contributed by atoms with van der Waals surface area (Å²) in [5, 5.41) is 0.770. The minimum absolute atomic E-state index is 0.444. The number of fused-ring (bicyclic) bond motifs is 1. The van der Waals surface area contributed by atoms with Crippen molar-refractivity contribution in [3.63, 3.8) is 0 Å². The smallest absolute Gasteiger partial charge is 0.146 e. The van der Waals surface area contributed by atoms with E-state index in [1.165, 1.54) is 25.0 Å². The van der Waals surface area contributed by atoms with Gasteiger partial charge in [-0.25, -0.2) is 4.98 Å². The number of aromatic nitrogens is 2. The van der Waals surface area contributed by atoms with Crippen molar-refractivity contribution in [3.05, 3.63) is 24.0 Å². The second-order valence-corrected chi connectivity index (χ2v) is 7.25. The second kappa shape index (κ2) is 6.49. The van der Waals surface area contributed by atoms with Gasteiger partial charge in [-0.3, -0.25) is 0 Å². The molecule has 1 fully saturated rings. The van der Waals surface area contributed by atoms with Crippen LogP contribution in [0.25, 0.3) is 11.0 Å². The molecule has 0 saturated heterocycles. The Bertz CT molecular complexity index is 628. The van der Waals surface area contributed by atoms with Crippen LogP contribution in [0.4, 0.5) is 0 Å². The summed E-state index contributed by atoms with van der Waals surface area (Å²) >= 11 is 8.22. The molecular weight excluding hydrogens is 304 g/mol. The van der Waals surface area contributed by atoms with Crippen LogP contribution in [-0.4, -0.2) is 27.7 Å². The molecule has 1 aromatic heterocycles. The average molecular weight is 325 g/mol. The van der Waals surface area contributed by atoms with E-state index >= 15 is 0 Å². The number of benzene rings is 1. The first kappa shape index (κ1) is 15.0. The van der Waals surface area contributed by atoms with Gasteiger partial charge < -0.3 is 9.30 Å². The van der Waals surface area contributed by atoms with Gasteiger partial charge in [-0.2, -0.15) is 11.8 Å². The summed E-state index contributed by atoms with van der Waals surface area (Å²) in [6.45, 7) is 2.24.